The molecule has 28 heavy (non-hydrogen) atoms. The van der Waals surface area contributed by atoms with Gasteiger partial charge in [0.05, 0.1) is 17.2 Å². The predicted octanol–water partition coefficient (Wildman–Crippen LogP) is 3.59. The van der Waals surface area contributed by atoms with Crippen molar-refractivity contribution < 1.29 is 9.59 Å². The lowest BCUT2D eigenvalue weighted by Gasteiger charge is -2.15. The second-order valence-electron chi connectivity index (χ2n) is 6.69. The molecule has 0 atom stereocenters. The molecule has 1 fully saturated rings. The van der Waals surface area contributed by atoms with Crippen LogP contribution in [0.3, 0.4) is 0 Å². The maximum atomic E-state index is 12.6. The molecule has 2 amide bonds. The van der Waals surface area contributed by atoms with E-state index in [2.05, 4.69) is 11.4 Å². The highest BCUT2D eigenvalue weighted by molar-refractivity contribution is 7.98. The van der Waals surface area contributed by atoms with Gasteiger partial charge in [-0.05, 0) is 42.7 Å². The molecular weight excluding hydrogens is 370 g/mol. The van der Waals surface area contributed by atoms with Gasteiger partial charge in [0.25, 0.3) is 5.91 Å². The number of carbonyl (C=O) groups is 2. The molecule has 5 nitrogen and oxygen atoms in total. The molecule has 0 bridgehead atoms. The van der Waals surface area contributed by atoms with Crippen LogP contribution in [0.4, 0.5) is 0 Å². The van der Waals surface area contributed by atoms with Crippen molar-refractivity contribution in [2.24, 2.45) is 0 Å². The monoisotopic (exact) mass is 393 g/mol. The first-order chi connectivity index (χ1) is 13.7. The van der Waals surface area contributed by atoms with Crippen molar-refractivity contribution in [2.75, 3.05) is 19.6 Å². The van der Waals surface area contributed by atoms with E-state index in [1.165, 1.54) is 0 Å². The maximum absolute atomic E-state index is 12.6. The first-order valence-electron chi connectivity index (χ1n) is 9.44. The Hall–Kier alpha value is -2.78. The number of likely N-dealkylation sites (tertiary alicyclic amines) is 1. The third kappa shape index (κ3) is 5.37. The van der Waals surface area contributed by atoms with Crippen LogP contribution >= 0.6 is 11.8 Å². The second-order valence-corrected chi connectivity index (χ2v) is 7.70. The number of nitriles is 1. The van der Waals surface area contributed by atoms with E-state index in [0.29, 0.717) is 30.6 Å². The molecule has 0 aliphatic carbocycles. The topological polar surface area (TPSA) is 73.2 Å². The normalized spacial score (nSPS) is 13.4. The molecule has 0 aromatic heterocycles. The van der Waals surface area contributed by atoms with Gasteiger partial charge in [-0.15, -0.1) is 11.8 Å². The minimum atomic E-state index is -0.0873. The van der Waals surface area contributed by atoms with E-state index in [4.69, 9.17) is 5.26 Å². The van der Waals surface area contributed by atoms with Crippen LogP contribution in [-0.4, -0.2) is 36.3 Å². The number of hydrogen-bond acceptors (Lipinski definition) is 4. The zero-order valence-corrected chi connectivity index (χ0v) is 16.5. The summed E-state index contributed by atoms with van der Waals surface area (Å²) in [5.74, 6) is 0.860. The Morgan fingerprint density at radius 2 is 1.96 bits per heavy atom. The average Bonchev–Trinajstić information content (AvgIpc) is 3.14. The van der Waals surface area contributed by atoms with Gasteiger partial charge in [0, 0.05) is 36.7 Å². The van der Waals surface area contributed by atoms with Gasteiger partial charge >= 0.3 is 0 Å². The summed E-state index contributed by atoms with van der Waals surface area (Å²) < 4.78 is 0. The number of rotatable bonds is 8. The summed E-state index contributed by atoms with van der Waals surface area (Å²) in [6.07, 6.45) is 2.35. The number of nitrogens with one attached hydrogen (secondary N) is 1. The van der Waals surface area contributed by atoms with E-state index in [9.17, 15) is 9.59 Å². The van der Waals surface area contributed by atoms with Crippen LogP contribution in [0.15, 0.2) is 53.4 Å². The van der Waals surface area contributed by atoms with Gasteiger partial charge in [-0.25, -0.2) is 0 Å². The molecule has 1 heterocycles. The van der Waals surface area contributed by atoms with E-state index >= 15 is 0 Å². The Balaban J connectivity index is 1.51. The molecule has 3 rings (SSSR count). The summed E-state index contributed by atoms with van der Waals surface area (Å²) in [7, 11) is 0. The highest BCUT2D eigenvalue weighted by Gasteiger charge is 2.19. The minimum absolute atomic E-state index is 0.0873. The van der Waals surface area contributed by atoms with Gasteiger partial charge in [-0.1, -0.05) is 24.3 Å². The summed E-state index contributed by atoms with van der Waals surface area (Å²) in [5, 5.41) is 11.8. The average molecular weight is 394 g/mol. The first-order valence-corrected chi connectivity index (χ1v) is 10.4. The number of amides is 2. The molecule has 0 radical (unpaired) electrons. The van der Waals surface area contributed by atoms with Gasteiger partial charge < -0.3 is 10.2 Å². The number of thioether (sulfide) groups is 1. The van der Waals surface area contributed by atoms with E-state index in [0.717, 1.165) is 35.6 Å². The molecule has 1 saturated heterocycles. The summed E-state index contributed by atoms with van der Waals surface area (Å²) in [6.45, 7) is 2.09. The van der Waals surface area contributed by atoms with Crippen molar-refractivity contribution in [3.63, 3.8) is 0 Å². The molecule has 2 aromatic carbocycles. The van der Waals surface area contributed by atoms with Crippen molar-refractivity contribution >= 4 is 23.6 Å². The van der Waals surface area contributed by atoms with Gasteiger partial charge in [0.15, 0.2) is 0 Å². The van der Waals surface area contributed by atoms with Crippen LogP contribution in [0.5, 0.6) is 0 Å². The molecular formula is C22H23N3O2S. The van der Waals surface area contributed by atoms with Gasteiger partial charge in [-0.2, -0.15) is 5.26 Å². The van der Waals surface area contributed by atoms with Gasteiger partial charge in [0.2, 0.25) is 5.91 Å². The van der Waals surface area contributed by atoms with Crippen LogP contribution in [0.25, 0.3) is 0 Å². The zero-order chi connectivity index (χ0) is 19.8. The van der Waals surface area contributed by atoms with E-state index in [1.54, 1.807) is 23.9 Å². The van der Waals surface area contributed by atoms with Crippen LogP contribution in [0, 0.1) is 11.3 Å². The molecule has 144 valence electrons. The van der Waals surface area contributed by atoms with E-state index in [-0.39, 0.29) is 11.8 Å². The van der Waals surface area contributed by atoms with E-state index in [1.807, 2.05) is 41.3 Å². The maximum Gasteiger partial charge on any atom is 0.252 e. The number of carbonyl (C=O) groups excluding carboxylic acids is 2. The molecule has 0 saturated carbocycles. The lowest BCUT2D eigenvalue weighted by molar-refractivity contribution is -0.127. The number of nitrogens with zero attached hydrogens (tertiary/aromatic N) is 2. The third-order valence-electron chi connectivity index (χ3n) is 4.67. The molecule has 2 aromatic rings. The minimum Gasteiger partial charge on any atom is -0.352 e. The molecule has 1 aliphatic rings. The Labute approximate surface area is 169 Å². The fourth-order valence-corrected chi connectivity index (χ4v) is 4.13. The highest BCUT2D eigenvalue weighted by Crippen LogP contribution is 2.26. The number of benzene rings is 2. The van der Waals surface area contributed by atoms with Gasteiger partial charge in [0.1, 0.15) is 0 Å². The van der Waals surface area contributed by atoms with Crippen LogP contribution in [-0.2, 0) is 10.5 Å². The molecule has 0 unspecified atom stereocenters. The Bertz CT molecular complexity index is 874. The van der Waals surface area contributed by atoms with E-state index < -0.39 is 0 Å². The van der Waals surface area contributed by atoms with Crippen molar-refractivity contribution in [1.29, 1.82) is 5.26 Å². The largest absolute Gasteiger partial charge is 0.352 e. The Morgan fingerprint density at radius 1 is 1.18 bits per heavy atom. The fourth-order valence-electron chi connectivity index (χ4n) is 3.12. The Kier molecular flexibility index (Phi) is 7.10. The van der Waals surface area contributed by atoms with Crippen molar-refractivity contribution in [3.8, 4) is 6.07 Å². The molecule has 1 aliphatic heterocycles. The highest BCUT2D eigenvalue weighted by atomic mass is 32.2. The second kappa shape index (κ2) is 9.95. The third-order valence-corrected chi connectivity index (χ3v) is 5.82. The lowest BCUT2D eigenvalue weighted by atomic mass is 10.2. The molecule has 0 spiro atoms. The molecule has 6 heteroatoms. The quantitative estimate of drug-likeness (QED) is 0.549. The summed E-state index contributed by atoms with van der Waals surface area (Å²) >= 11 is 1.61. The summed E-state index contributed by atoms with van der Waals surface area (Å²) in [4.78, 5) is 27.0. The predicted molar refractivity (Wildman–Crippen MR) is 110 cm³/mol. The summed E-state index contributed by atoms with van der Waals surface area (Å²) in [6, 6.07) is 17.2. The Morgan fingerprint density at radius 3 is 2.68 bits per heavy atom. The van der Waals surface area contributed by atoms with Crippen LogP contribution < -0.4 is 5.32 Å². The SMILES string of the molecule is N#Cc1ccc(CSc2ccccc2C(=O)NCCCN2CCCC2=O)cc1. The lowest BCUT2D eigenvalue weighted by Crippen LogP contribution is -2.30. The van der Waals surface area contributed by atoms with Crippen molar-refractivity contribution in [3.05, 3.63) is 65.2 Å². The summed E-state index contributed by atoms with van der Waals surface area (Å²) in [5.41, 5.74) is 2.41. The first kappa shape index (κ1) is 20.0. The smallest absolute Gasteiger partial charge is 0.252 e. The van der Waals surface area contributed by atoms with Crippen molar-refractivity contribution in [1.82, 2.24) is 10.2 Å². The standard InChI is InChI=1S/C22H23N3O2S/c23-15-17-8-10-18(11-9-17)16-28-20-6-2-1-5-19(20)22(27)24-12-4-14-25-13-3-7-21(25)26/h1-2,5-6,8-11H,3-4,7,12-14,16H2,(H,24,27). The van der Waals surface area contributed by atoms with Gasteiger partial charge in [-0.3, -0.25) is 9.59 Å². The number of hydrogen-bond donors (Lipinski definition) is 1. The fraction of sp³-hybridized carbons (Fsp3) is 0.318. The van der Waals surface area contributed by atoms with Crippen LogP contribution in [0.2, 0.25) is 0 Å². The van der Waals surface area contributed by atoms with Crippen molar-refractivity contribution in [2.45, 2.75) is 29.9 Å². The molecule has 1 N–H and O–H groups in total. The van der Waals surface area contributed by atoms with Crippen LogP contribution in [0.1, 0.15) is 40.7 Å². The zero-order valence-electron chi connectivity index (χ0n) is 15.7.